The molecule has 0 bridgehead atoms. The van der Waals surface area contributed by atoms with Crippen LogP contribution in [0.2, 0.25) is 0 Å². The smallest absolute Gasteiger partial charge is 0.307 e. The van der Waals surface area contributed by atoms with Crippen molar-refractivity contribution in [3.05, 3.63) is 135 Å². The molecule has 3 aromatic carbocycles. The number of carbonyl (C=O) groups excluding carboxylic acids is 1. The van der Waals surface area contributed by atoms with E-state index in [2.05, 4.69) is 28.1 Å². The van der Waals surface area contributed by atoms with Crippen LogP contribution in [0.4, 0.5) is 0 Å². The molecule has 0 aliphatic carbocycles. The Labute approximate surface area is 251 Å². The van der Waals surface area contributed by atoms with Crippen LogP contribution >= 0.6 is 0 Å². The highest BCUT2D eigenvalue weighted by Crippen LogP contribution is 2.47. The summed E-state index contributed by atoms with van der Waals surface area (Å²) in [6, 6.07) is 29.4. The molecule has 4 aromatic rings. The predicted molar refractivity (Wildman–Crippen MR) is 163 cm³/mol. The van der Waals surface area contributed by atoms with Crippen molar-refractivity contribution in [3.63, 3.8) is 0 Å². The van der Waals surface area contributed by atoms with Gasteiger partial charge in [-0.1, -0.05) is 84.9 Å². The molecule has 9 nitrogen and oxygen atoms in total. The van der Waals surface area contributed by atoms with Crippen LogP contribution < -0.4 is 20.9 Å². The van der Waals surface area contributed by atoms with Crippen molar-refractivity contribution in [2.24, 2.45) is 5.73 Å². The lowest BCUT2D eigenvalue weighted by molar-refractivity contribution is -0.143. The van der Waals surface area contributed by atoms with E-state index in [9.17, 15) is 9.59 Å². The molecule has 43 heavy (non-hydrogen) atoms. The van der Waals surface area contributed by atoms with Crippen molar-refractivity contribution in [2.45, 2.75) is 44.9 Å². The van der Waals surface area contributed by atoms with Gasteiger partial charge in [-0.05, 0) is 29.2 Å². The van der Waals surface area contributed by atoms with Gasteiger partial charge < -0.3 is 19.9 Å². The number of hydrogen-bond acceptors (Lipinski definition) is 8. The zero-order valence-electron chi connectivity index (χ0n) is 24.2. The van der Waals surface area contributed by atoms with Gasteiger partial charge in [-0.2, -0.15) is 0 Å². The van der Waals surface area contributed by atoms with E-state index >= 15 is 0 Å². The van der Waals surface area contributed by atoms with Gasteiger partial charge in [0.25, 0.3) is 0 Å². The molecule has 1 fully saturated rings. The lowest BCUT2D eigenvalue weighted by atomic mass is 9.94. The summed E-state index contributed by atoms with van der Waals surface area (Å²) in [7, 11) is 0. The maximum Gasteiger partial charge on any atom is 0.307 e. The van der Waals surface area contributed by atoms with Gasteiger partial charge in [0.15, 0.2) is 5.75 Å². The van der Waals surface area contributed by atoms with E-state index in [1.807, 2.05) is 71.4 Å². The van der Waals surface area contributed by atoms with Gasteiger partial charge in [-0.15, -0.1) is 0 Å². The fourth-order valence-corrected chi connectivity index (χ4v) is 5.81. The third-order valence-corrected chi connectivity index (χ3v) is 7.89. The van der Waals surface area contributed by atoms with Crippen LogP contribution in [0.5, 0.6) is 5.75 Å². The summed E-state index contributed by atoms with van der Waals surface area (Å²) in [5, 5.41) is 2.20. The molecule has 3 atom stereocenters. The molecule has 222 valence electrons. The maximum absolute atomic E-state index is 13.4. The van der Waals surface area contributed by atoms with Crippen LogP contribution in [-0.4, -0.2) is 41.6 Å². The first-order valence-corrected chi connectivity index (χ1v) is 14.7. The molecule has 3 unspecified atom stereocenters. The highest BCUT2D eigenvalue weighted by atomic mass is 16.6. The van der Waals surface area contributed by atoms with Crippen LogP contribution in [0.25, 0.3) is 0 Å². The molecule has 0 saturated carbocycles. The van der Waals surface area contributed by atoms with Gasteiger partial charge in [0.05, 0.1) is 25.7 Å². The molecular weight excluding hydrogens is 544 g/mol. The first kappa shape index (κ1) is 28.7. The lowest BCUT2D eigenvalue weighted by Gasteiger charge is -2.39. The number of pyridine rings is 1. The Morgan fingerprint density at radius 2 is 1.72 bits per heavy atom. The van der Waals surface area contributed by atoms with E-state index in [0.717, 1.165) is 22.3 Å². The number of nitrogens with two attached hydrogens (primary N) is 1. The summed E-state index contributed by atoms with van der Waals surface area (Å²) in [5.41, 5.74) is 10.8. The molecule has 2 aliphatic rings. The van der Waals surface area contributed by atoms with Crippen LogP contribution in [-0.2, 0) is 27.4 Å². The lowest BCUT2D eigenvalue weighted by Crippen LogP contribution is -2.48. The number of rotatable bonds is 11. The summed E-state index contributed by atoms with van der Waals surface area (Å²) >= 11 is 0. The average Bonchev–Trinajstić information content (AvgIpc) is 3.84. The largest absolute Gasteiger partial charge is 0.483 e. The summed E-state index contributed by atoms with van der Waals surface area (Å²) in [6.07, 6.45) is 1.27. The van der Waals surface area contributed by atoms with Crippen molar-refractivity contribution in [1.82, 2.24) is 9.58 Å². The number of esters is 1. The first-order valence-electron chi connectivity index (χ1n) is 14.7. The van der Waals surface area contributed by atoms with Gasteiger partial charge in [-0.25, -0.2) is 0 Å². The third-order valence-electron chi connectivity index (χ3n) is 7.89. The number of aromatic nitrogens is 1. The quantitative estimate of drug-likeness (QED) is 0.208. The van der Waals surface area contributed by atoms with Crippen LogP contribution in [0, 0.1) is 0 Å². The monoisotopic (exact) mass is 580 g/mol. The van der Waals surface area contributed by atoms with Crippen molar-refractivity contribution < 1.29 is 19.0 Å². The maximum atomic E-state index is 13.4. The standard InChI is InChI=1S/C34H36N4O5/c1-2-41-29(40)18-19-36-23-38(30(25-13-7-4-8-14-25)27-16-10-9-15-26(27)21-35)37-20-17-28(39)32(31(37)33-34(36)43-33)42-22-24-11-5-3-6-12-24/h3-17,20,30,33-34H,2,18-19,21-23,35H2,1H3. The summed E-state index contributed by atoms with van der Waals surface area (Å²) in [4.78, 5) is 27.9. The Kier molecular flexibility index (Phi) is 8.55. The minimum atomic E-state index is -0.409. The summed E-state index contributed by atoms with van der Waals surface area (Å²) in [5.74, 6) is -0.00232. The van der Waals surface area contributed by atoms with Gasteiger partial charge in [0.1, 0.15) is 24.6 Å². The second kappa shape index (κ2) is 12.8. The predicted octanol–water partition coefficient (Wildman–Crippen LogP) is 4.24. The molecule has 0 radical (unpaired) electrons. The Morgan fingerprint density at radius 3 is 2.47 bits per heavy atom. The first-order chi connectivity index (χ1) is 21.1. The van der Waals surface area contributed by atoms with Gasteiger partial charge in [0, 0.05) is 25.4 Å². The second-order valence-electron chi connectivity index (χ2n) is 10.6. The zero-order valence-corrected chi connectivity index (χ0v) is 24.2. The molecule has 6 rings (SSSR count). The summed E-state index contributed by atoms with van der Waals surface area (Å²) in [6.45, 7) is 3.58. The van der Waals surface area contributed by atoms with Gasteiger partial charge in [-0.3, -0.25) is 24.2 Å². The molecule has 1 aromatic heterocycles. The third kappa shape index (κ3) is 6.06. The molecule has 2 N–H and O–H groups in total. The van der Waals surface area contributed by atoms with Gasteiger partial charge >= 0.3 is 5.97 Å². The highest BCUT2D eigenvalue weighted by molar-refractivity contribution is 5.69. The Bertz CT molecular complexity index is 1610. The SMILES string of the molecule is CCOC(=O)CCN1CN(C(c2ccccc2)c2ccccc2CN)n2ccc(=O)c(OCc3ccccc3)c2C2OC21. The number of nitrogens with zero attached hydrogens (tertiary/aromatic N) is 3. The minimum Gasteiger partial charge on any atom is -0.483 e. The number of carbonyl (C=O) groups is 1. The number of benzene rings is 3. The molecule has 0 spiro atoms. The molecular formula is C34H36N4O5. The van der Waals surface area contributed by atoms with E-state index in [0.29, 0.717) is 32.1 Å². The minimum absolute atomic E-state index is 0.213. The highest BCUT2D eigenvalue weighted by Gasteiger charge is 2.52. The number of epoxide rings is 1. The van der Waals surface area contributed by atoms with Crippen molar-refractivity contribution in [3.8, 4) is 5.75 Å². The second-order valence-corrected chi connectivity index (χ2v) is 10.6. The van der Waals surface area contributed by atoms with E-state index < -0.39 is 6.10 Å². The summed E-state index contributed by atoms with van der Waals surface area (Å²) < 4.78 is 19.7. The van der Waals surface area contributed by atoms with Crippen molar-refractivity contribution >= 4 is 5.97 Å². The van der Waals surface area contributed by atoms with Gasteiger partial charge in [0.2, 0.25) is 5.43 Å². The number of fused-ring (bicyclic) bond motifs is 3. The van der Waals surface area contributed by atoms with E-state index in [1.165, 1.54) is 0 Å². The van der Waals surface area contributed by atoms with Crippen LogP contribution in [0.3, 0.4) is 0 Å². The zero-order chi connectivity index (χ0) is 29.8. The average molecular weight is 581 g/mol. The molecule has 0 amide bonds. The van der Waals surface area contributed by atoms with E-state index in [4.69, 9.17) is 19.9 Å². The number of hydrogen-bond donors (Lipinski definition) is 1. The Balaban J connectivity index is 1.48. The van der Waals surface area contributed by atoms with E-state index in [-0.39, 0.29) is 42.4 Å². The van der Waals surface area contributed by atoms with Crippen LogP contribution in [0.15, 0.2) is 102 Å². The molecule has 2 aliphatic heterocycles. The fourth-order valence-electron chi connectivity index (χ4n) is 5.81. The Hall–Kier alpha value is -4.44. The normalized spacial score (nSPS) is 18.2. The van der Waals surface area contributed by atoms with Crippen LogP contribution in [0.1, 0.15) is 53.4 Å². The topological polar surface area (TPSA) is 103 Å². The fraction of sp³-hybridized carbons (Fsp3) is 0.294. The van der Waals surface area contributed by atoms with Crippen molar-refractivity contribution in [2.75, 3.05) is 24.8 Å². The van der Waals surface area contributed by atoms with Crippen molar-refractivity contribution in [1.29, 1.82) is 0 Å². The molecule has 9 heteroatoms. The Morgan fingerprint density at radius 1 is 1.00 bits per heavy atom. The van der Waals surface area contributed by atoms with E-state index in [1.54, 1.807) is 19.2 Å². The number of ether oxygens (including phenoxy) is 3. The molecule has 3 heterocycles. The molecule has 1 saturated heterocycles.